The van der Waals surface area contributed by atoms with Crippen molar-refractivity contribution < 1.29 is 0 Å². The smallest absolute Gasteiger partial charge is 0.0405 e. The van der Waals surface area contributed by atoms with Crippen LogP contribution in [0, 0.1) is 5.92 Å². The molecule has 2 rings (SSSR count). The summed E-state index contributed by atoms with van der Waals surface area (Å²) in [6.07, 6.45) is 6.51. The van der Waals surface area contributed by atoms with Crippen molar-refractivity contribution in [1.29, 1.82) is 0 Å². The molecule has 0 heterocycles. The SMILES string of the molecule is CCc1cccc(CC)c1NCCC1CC1. The highest BCUT2D eigenvalue weighted by Gasteiger charge is 2.20. The molecule has 1 fully saturated rings. The van der Waals surface area contributed by atoms with Gasteiger partial charge in [0.1, 0.15) is 0 Å². The Bertz CT molecular complexity index is 317. The molecule has 0 spiro atoms. The van der Waals surface area contributed by atoms with E-state index in [4.69, 9.17) is 0 Å². The highest BCUT2D eigenvalue weighted by atomic mass is 14.9. The average Bonchev–Trinajstić information content (AvgIpc) is 3.13. The van der Waals surface area contributed by atoms with Crippen LogP contribution in [0.4, 0.5) is 5.69 Å². The molecule has 16 heavy (non-hydrogen) atoms. The fourth-order valence-electron chi connectivity index (χ4n) is 2.28. The van der Waals surface area contributed by atoms with Gasteiger partial charge in [-0.25, -0.2) is 0 Å². The van der Waals surface area contributed by atoms with Gasteiger partial charge < -0.3 is 5.32 Å². The molecule has 0 aromatic heterocycles. The van der Waals surface area contributed by atoms with Gasteiger partial charge in [-0.05, 0) is 36.3 Å². The zero-order chi connectivity index (χ0) is 11.4. The number of anilines is 1. The molecule has 1 aliphatic carbocycles. The molecule has 1 aromatic rings. The fourth-order valence-corrected chi connectivity index (χ4v) is 2.28. The molecule has 0 bridgehead atoms. The first kappa shape index (κ1) is 11.5. The van der Waals surface area contributed by atoms with Gasteiger partial charge in [-0.2, -0.15) is 0 Å². The molecule has 1 N–H and O–H groups in total. The van der Waals surface area contributed by atoms with Crippen molar-refractivity contribution in [1.82, 2.24) is 0 Å². The molecule has 0 aliphatic heterocycles. The maximum absolute atomic E-state index is 3.66. The Morgan fingerprint density at radius 1 is 1.12 bits per heavy atom. The summed E-state index contributed by atoms with van der Waals surface area (Å²) in [6, 6.07) is 6.68. The summed E-state index contributed by atoms with van der Waals surface area (Å²) in [5, 5.41) is 3.66. The predicted molar refractivity (Wildman–Crippen MR) is 71.0 cm³/mol. The Morgan fingerprint density at radius 2 is 1.75 bits per heavy atom. The van der Waals surface area contributed by atoms with Gasteiger partial charge in [0.2, 0.25) is 0 Å². The molecule has 0 unspecified atom stereocenters. The normalized spacial score (nSPS) is 15.1. The molecular formula is C15H23N. The fraction of sp³-hybridized carbons (Fsp3) is 0.600. The number of benzene rings is 1. The standard InChI is InChI=1S/C15H23N/c1-3-13-6-5-7-14(4-2)15(13)16-11-10-12-8-9-12/h5-7,12,16H,3-4,8-11H2,1-2H3. The van der Waals surface area contributed by atoms with Crippen LogP contribution in [0.25, 0.3) is 0 Å². The lowest BCUT2D eigenvalue weighted by Crippen LogP contribution is -2.07. The van der Waals surface area contributed by atoms with Crippen LogP contribution in [0.1, 0.15) is 44.2 Å². The van der Waals surface area contributed by atoms with Gasteiger partial charge in [-0.3, -0.25) is 0 Å². The molecule has 0 radical (unpaired) electrons. The van der Waals surface area contributed by atoms with E-state index in [1.807, 2.05) is 0 Å². The van der Waals surface area contributed by atoms with Crippen molar-refractivity contribution in [3.8, 4) is 0 Å². The van der Waals surface area contributed by atoms with E-state index in [-0.39, 0.29) is 0 Å². The van der Waals surface area contributed by atoms with Crippen LogP contribution in [0.15, 0.2) is 18.2 Å². The molecule has 88 valence electrons. The summed E-state index contributed by atoms with van der Waals surface area (Å²) < 4.78 is 0. The lowest BCUT2D eigenvalue weighted by molar-refractivity contribution is 0.758. The van der Waals surface area contributed by atoms with E-state index >= 15 is 0 Å². The third-order valence-corrected chi connectivity index (χ3v) is 3.55. The van der Waals surface area contributed by atoms with Crippen LogP contribution in [-0.4, -0.2) is 6.54 Å². The Morgan fingerprint density at radius 3 is 2.25 bits per heavy atom. The summed E-state index contributed by atoms with van der Waals surface area (Å²) in [7, 11) is 0. The minimum atomic E-state index is 1.02. The third kappa shape index (κ3) is 2.78. The topological polar surface area (TPSA) is 12.0 Å². The van der Waals surface area contributed by atoms with E-state index in [0.29, 0.717) is 0 Å². The number of aryl methyl sites for hydroxylation is 2. The van der Waals surface area contributed by atoms with Crippen molar-refractivity contribution in [3.05, 3.63) is 29.3 Å². The van der Waals surface area contributed by atoms with E-state index in [9.17, 15) is 0 Å². The molecule has 1 nitrogen and oxygen atoms in total. The van der Waals surface area contributed by atoms with Crippen LogP contribution >= 0.6 is 0 Å². The van der Waals surface area contributed by atoms with Crippen molar-refractivity contribution in [2.75, 3.05) is 11.9 Å². The molecule has 1 saturated carbocycles. The summed E-state index contributed by atoms with van der Waals surface area (Å²) >= 11 is 0. The molecule has 0 saturated heterocycles. The van der Waals surface area contributed by atoms with Crippen molar-refractivity contribution >= 4 is 5.69 Å². The summed E-state index contributed by atoms with van der Waals surface area (Å²) in [4.78, 5) is 0. The minimum absolute atomic E-state index is 1.02. The van der Waals surface area contributed by atoms with E-state index in [1.165, 1.54) is 36.1 Å². The summed E-state index contributed by atoms with van der Waals surface area (Å²) in [5.41, 5.74) is 4.35. The van der Waals surface area contributed by atoms with E-state index in [1.54, 1.807) is 0 Å². The molecular weight excluding hydrogens is 194 g/mol. The number of hydrogen-bond acceptors (Lipinski definition) is 1. The first-order valence-corrected chi connectivity index (χ1v) is 6.69. The second-order valence-electron chi connectivity index (χ2n) is 4.82. The first-order chi connectivity index (χ1) is 7.85. The zero-order valence-electron chi connectivity index (χ0n) is 10.6. The largest absolute Gasteiger partial charge is 0.385 e. The van der Waals surface area contributed by atoms with Crippen molar-refractivity contribution in [3.63, 3.8) is 0 Å². The minimum Gasteiger partial charge on any atom is -0.385 e. The average molecular weight is 217 g/mol. The third-order valence-electron chi connectivity index (χ3n) is 3.55. The number of nitrogens with one attached hydrogen (secondary N) is 1. The quantitative estimate of drug-likeness (QED) is 0.758. The van der Waals surface area contributed by atoms with Gasteiger partial charge in [0.05, 0.1) is 0 Å². The molecule has 1 heteroatoms. The van der Waals surface area contributed by atoms with Crippen molar-refractivity contribution in [2.24, 2.45) is 5.92 Å². The number of para-hydroxylation sites is 1. The highest BCUT2D eigenvalue weighted by Crippen LogP contribution is 2.32. The van der Waals surface area contributed by atoms with Gasteiger partial charge in [0.15, 0.2) is 0 Å². The van der Waals surface area contributed by atoms with Gasteiger partial charge >= 0.3 is 0 Å². The molecule has 1 aliphatic rings. The van der Waals surface area contributed by atoms with Crippen LogP contribution in [-0.2, 0) is 12.8 Å². The van der Waals surface area contributed by atoms with Gasteiger partial charge in [0.25, 0.3) is 0 Å². The lowest BCUT2D eigenvalue weighted by Gasteiger charge is -2.15. The molecule has 0 amide bonds. The van der Waals surface area contributed by atoms with Gasteiger partial charge in [-0.1, -0.05) is 44.9 Å². The highest BCUT2D eigenvalue weighted by molar-refractivity contribution is 5.57. The Kier molecular flexibility index (Phi) is 3.87. The number of rotatable bonds is 6. The maximum Gasteiger partial charge on any atom is 0.0405 e. The van der Waals surface area contributed by atoms with E-state index < -0.39 is 0 Å². The number of hydrogen-bond donors (Lipinski definition) is 1. The molecule has 1 aromatic carbocycles. The van der Waals surface area contributed by atoms with Gasteiger partial charge in [-0.15, -0.1) is 0 Å². The summed E-state index contributed by atoms with van der Waals surface area (Å²) in [6.45, 7) is 5.62. The zero-order valence-corrected chi connectivity index (χ0v) is 10.6. The van der Waals surface area contributed by atoms with E-state index in [0.717, 1.165) is 25.3 Å². The van der Waals surface area contributed by atoms with Crippen LogP contribution in [0.2, 0.25) is 0 Å². The van der Waals surface area contributed by atoms with Crippen LogP contribution < -0.4 is 5.32 Å². The first-order valence-electron chi connectivity index (χ1n) is 6.69. The van der Waals surface area contributed by atoms with E-state index in [2.05, 4.69) is 37.4 Å². The van der Waals surface area contributed by atoms with Crippen LogP contribution in [0.5, 0.6) is 0 Å². The monoisotopic (exact) mass is 217 g/mol. The lowest BCUT2D eigenvalue weighted by atomic mass is 10.0. The maximum atomic E-state index is 3.66. The second kappa shape index (κ2) is 5.38. The Balaban J connectivity index is 2.02. The Labute approximate surface area is 99.3 Å². The van der Waals surface area contributed by atoms with Gasteiger partial charge in [0, 0.05) is 12.2 Å². The van der Waals surface area contributed by atoms with Crippen molar-refractivity contribution in [2.45, 2.75) is 46.0 Å². The Hall–Kier alpha value is -0.980. The second-order valence-corrected chi connectivity index (χ2v) is 4.82. The van der Waals surface area contributed by atoms with Crippen LogP contribution in [0.3, 0.4) is 0 Å². The predicted octanol–water partition coefficient (Wildman–Crippen LogP) is 4.02. The molecule has 0 atom stereocenters. The summed E-state index contributed by atoms with van der Waals surface area (Å²) in [5.74, 6) is 1.02.